The number of hydrogen-bond donors (Lipinski definition) is 3. The minimum absolute atomic E-state index is 0.0435. The number of carbonyl (C=O) groups is 2. The van der Waals surface area contributed by atoms with E-state index < -0.39 is 12.6 Å². The van der Waals surface area contributed by atoms with Gasteiger partial charge >= 0.3 is 12.6 Å². The van der Waals surface area contributed by atoms with E-state index in [1.54, 1.807) is 43.3 Å². The molecule has 0 aromatic heterocycles. The average molecular weight is 391 g/mol. The van der Waals surface area contributed by atoms with Crippen LogP contribution in [0.2, 0.25) is 0 Å². The van der Waals surface area contributed by atoms with Crippen LogP contribution in [0.25, 0.3) is 0 Å². The second kappa shape index (κ2) is 9.68. The first-order valence-electron chi connectivity index (χ1n) is 8.78. The number of alkyl halides is 2. The quantitative estimate of drug-likeness (QED) is 0.658. The van der Waals surface area contributed by atoms with Gasteiger partial charge in [-0.2, -0.15) is 8.78 Å². The van der Waals surface area contributed by atoms with Gasteiger partial charge in [-0.1, -0.05) is 24.3 Å². The van der Waals surface area contributed by atoms with E-state index in [1.807, 2.05) is 13.8 Å². The Labute approximate surface area is 162 Å². The molecule has 6 nitrogen and oxygen atoms in total. The molecule has 150 valence electrons. The van der Waals surface area contributed by atoms with Crippen LogP contribution in [-0.2, 0) is 0 Å². The number of para-hydroxylation sites is 1. The predicted octanol–water partition coefficient (Wildman–Crippen LogP) is 4.31. The largest absolute Gasteiger partial charge is 0.435 e. The third-order valence-corrected chi connectivity index (χ3v) is 3.79. The van der Waals surface area contributed by atoms with Crippen LogP contribution in [0.5, 0.6) is 5.75 Å². The van der Waals surface area contributed by atoms with Gasteiger partial charge in [0.25, 0.3) is 5.91 Å². The molecule has 0 fully saturated rings. The number of amides is 3. The van der Waals surface area contributed by atoms with E-state index in [0.29, 0.717) is 11.3 Å². The Morgan fingerprint density at radius 3 is 2.18 bits per heavy atom. The molecule has 8 heteroatoms. The van der Waals surface area contributed by atoms with Crippen molar-refractivity contribution in [1.29, 1.82) is 0 Å². The van der Waals surface area contributed by atoms with Crippen molar-refractivity contribution >= 4 is 17.6 Å². The molecule has 3 N–H and O–H groups in total. The molecule has 0 heterocycles. The number of ether oxygens (including phenoxy) is 1. The van der Waals surface area contributed by atoms with E-state index in [1.165, 1.54) is 12.1 Å². The van der Waals surface area contributed by atoms with Crippen molar-refractivity contribution in [1.82, 2.24) is 10.6 Å². The summed E-state index contributed by atoms with van der Waals surface area (Å²) in [7, 11) is 0. The Balaban J connectivity index is 2.07. The lowest BCUT2D eigenvalue weighted by Gasteiger charge is -2.17. The lowest BCUT2D eigenvalue weighted by molar-refractivity contribution is -0.0498. The SMILES string of the molecule is CC(C)NC(=O)Nc1ccccc1C(=O)NC(C)c1ccc(OC(F)F)cc1. The van der Waals surface area contributed by atoms with Gasteiger partial charge in [-0.05, 0) is 50.6 Å². The van der Waals surface area contributed by atoms with Crippen molar-refractivity contribution in [2.24, 2.45) is 0 Å². The van der Waals surface area contributed by atoms with Crippen LogP contribution in [-0.4, -0.2) is 24.6 Å². The number of anilines is 1. The summed E-state index contributed by atoms with van der Waals surface area (Å²) in [5, 5.41) is 8.19. The number of halogens is 2. The highest BCUT2D eigenvalue weighted by Gasteiger charge is 2.16. The maximum absolute atomic E-state index is 12.7. The topological polar surface area (TPSA) is 79.5 Å². The van der Waals surface area contributed by atoms with E-state index in [9.17, 15) is 18.4 Å². The Bertz CT molecular complexity index is 811. The van der Waals surface area contributed by atoms with Gasteiger partial charge in [-0.25, -0.2) is 4.79 Å². The maximum atomic E-state index is 12.7. The standard InChI is InChI=1S/C20H23F2N3O3/c1-12(2)23-20(27)25-17-7-5-4-6-16(17)18(26)24-13(3)14-8-10-15(11-9-14)28-19(21)22/h4-13,19H,1-3H3,(H,24,26)(H2,23,25,27). The predicted molar refractivity (Wildman–Crippen MR) is 103 cm³/mol. The average Bonchev–Trinajstić information content (AvgIpc) is 2.61. The van der Waals surface area contributed by atoms with E-state index in [-0.39, 0.29) is 23.7 Å². The number of urea groups is 1. The van der Waals surface area contributed by atoms with Gasteiger partial charge in [0, 0.05) is 6.04 Å². The molecule has 2 aromatic carbocycles. The summed E-state index contributed by atoms with van der Waals surface area (Å²) in [4.78, 5) is 24.6. The van der Waals surface area contributed by atoms with E-state index in [2.05, 4.69) is 20.7 Å². The van der Waals surface area contributed by atoms with E-state index >= 15 is 0 Å². The molecule has 0 aliphatic rings. The Hall–Kier alpha value is -3.16. The summed E-state index contributed by atoms with van der Waals surface area (Å²) < 4.78 is 28.8. The lowest BCUT2D eigenvalue weighted by Crippen LogP contribution is -2.35. The first kappa shape index (κ1) is 21.1. The molecule has 2 aromatic rings. The molecule has 0 aliphatic carbocycles. The fourth-order valence-electron chi connectivity index (χ4n) is 2.51. The first-order chi connectivity index (χ1) is 13.3. The molecule has 1 unspecified atom stereocenters. The van der Waals surface area contributed by atoms with Crippen molar-refractivity contribution in [2.75, 3.05) is 5.32 Å². The van der Waals surface area contributed by atoms with Gasteiger partial charge in [0.15, 0.2) is 0 Å². The zero-order valence-corrected chi connectivity index (χ0v) is 15.8. The van der Waals surface area contributed by atoms with Crippen LogP contribution in [0.15, 0.2) is 48.5 Å². The van der Waals surface area contributed by atoms with Crippen LogP contribution in [0.3, 0.4) is 0 Å². The molecule has 0 saturated heterocycles. The molecular formula is C20H23F2N3O3. The highest BCUT2D eigenvalue weighted by molar-refractivity contribution is 6.03. The minimum atomic E-state index is -2.89. The molecule has 3 amide bonds. The normalized spacial score (nSPS) is 11.8. The zero-order valence-electron chi connectivity index (χ0n) is 15.8. The van der Waals surface area contributed by atoms with Crippen molar-refractivity contribution in [3.05, 3.63) is 59.7 Å². The molecule has 0 spiro atoms. The summed E-state index contributed by atoms with van der Waals surface area (Å²) in [6.45, 7) is 2.54. The number of hydrogen-bond acceptors (Lipinski definition) is 3. The number of carbonyl (C=O) groups excluding carboxylic acids is 2. The van der Waals surface area contributed by atoms with Crippen LogP contribution < -0.4 is 20.7 Å². The number of nitrogens with one attached hydrogen (secondary N) is 3. The summed E-state index contributed by atoms with van der Waals surface area (Å²) in [6, 6.07) is 11.8. The summed E-state index contributed by atoms with van der Waals surface area (Å²) >= 11 is 0. The van der Waals surface area contributed by atoms with Gasteiger partial charge in [-0.3, -0.25) is 4.79 Å². The molecule has 0 bridgehead atoms. The lowest BCUT2D eigenvalue weighted by atomic mass is 10.1. The molecular weight excluding hydrogens is 368 g/mol. The van der Waals surface area contributed by atoms with Gasteiger partial charge in [0.1, 0.15) is 5.75 Å². The van der Waals surface area contributed by atoms with Gasteiger partial charge in [0.2, 0.25) is 0 Å². The maximum Gasteiger partial charge on any atom is 0.387 e. The van der Waals surface area contributed by atoms with Crippen LogP contribution in [0.4, 0.5) is 19.3 Å². The van der Waals surface area contributed by atoms with Crippen molar-refractivity contribution in [3.63, 3.8) is 0 Å². The highest BCUT2D eigenvalue weighted by atomic mass is 19.3. The molecule has 0 aliphatic heterocycles. The van der Waals surface area contributed by atoms with Crippen molar-refractivity contribution < 1.29 is 23.1 Å². The zero-order chi connectivity index (χ0) is 20.7. The van der Waals surface area contributed by atoms with Gasteiger partial charge in [-0.15, -0.1) is 0 Å². The fraction of sp³-hybridized carbons (Fsp3) is 0.300. The third kappa shape index (κ3) is 6.22. The smallest absolute Gasteiger partial charge is 0.387 e. The van der Waals surface area contributed by atoms with Crippen molar-refractivity contribution in [3.8, 4) is 5.75 Å². The molecule has 1 atom stereocenters. The number of rotatable bonds is 7. The Morgan fingerprint density at radius 1 is 0.929 bits per heavy atom. The highest BCUT2D eigenvalue weighted by Crippen LogP contribution is 2.21. The van der Waals surface area contributed by atoms with Crippen molar-refractivity contribution in [2.45, 2.75) is 39.5 Å². The fourth-order valence-corrected chi connectivity index (χ4v) is 2.51. The second-order valence-electron chi connectivity index (χ2n) is 6.44. The molecule has 28 heavy (non-hydrogen) atoms. The van der Waals surface area contributed by atoms with Crippen LogP contribution in [0, 0.1) is 0 Å². The minimum Gasteiger partial charge on any atom is -0.435 e. The summed E-state index contributed by atoms with van der Waals surface area (Å²) in [5.74, 6) is -0.330. The Kier molecular flexibility index (Phi) is 7.31. The molecule has 0 saturated carbocycles. The molecule has 2 rings (SSSR count). The van der Waals surface area contributed by atoms with E-state index in [0.717, 1.165) is 5.56 Å². The van der Waals surface area contributed by atoms with E-state index in [4.69, 9.17) is 0 Å². The second-order valence-corrected chi connectivity index (χ2v) is 6.44. The monoisotopic (exact) mass is 391 g/mol. The first-order valence-corrected chi connectivity index (χ1v) is 8.78. The Morgan fingerprint density at radius 2 is 1.57 bits per heavy atom. The third-order valence-electron chi connectivity index (χ3n) is 3.79. The van der Waals surface area contributed by atoms with Gasteiger partial charge < -0.3 is 20.7 Å². The van der Waals surface area contributed by atoms with Crippen LogP contribution >= 0.6 is 0 Å². The van der Waals surface area contributed by atoms with Crippen LogP contribution in [0.1, 0.15) is 42.7 Å². The summed E-state index contributed by atoms with van der Waals surface area (Å²) in [6.07, 6.45) is 0. The number of benzene rings is 2. The summed E-state index contributed by atoms with van der Waals surface area (Å²) in [5.41, 5.74) is 1.41. The molecule has 0 radical (unpaired) electrons. The van der Waals surface area contributed by atoms with Gasteiger partial charge in [0.05, 0.1) is 17.3 Å².